The van der Waals surface area contributed by atoms with Gasteiger partial charge in [0.05, 0.1) is 25.3 Å². The predicted octanol–water partition coefficient (Wildman–Crippen LogP) is 5.05. The molecule has 4 aliphatic rings. The Morgan fingerprint density at radius 2 is 1.88 bits per heavy atom. The summed E-state index contributed by atoms with van der Waals surface area (Å²) in [5.41, 5.74) is 5.25. The summed E-state index contributed by atoms with van der Waals surface area (Å²) in [6.07, 6.45) is 4.58. The molecule has 0 saturated carbocycles. The van der Waals surface area contributed by atoms with Crippen molar-refractivity contribution in [3.8, 4) is 34.8 Å². The van der Waals surface area contributed by atoms with Gasteiger partial charge >= 0.3 is 6.16 Å². The Morgan fingerprint density at radius 3 is 2.61 bits per heavy atom. The molecular formula is C39H40N4O8. The van der Waals surface area contributed by atoms with Crippen molar-refractivity contribution in [3.63, 3.8) is 0 Å². The summed E-state index contributed by atoms with van der Waals surface area (Å²) in [6.45, 7) is 7.30. The fourth-order valence-corrected chi connectivity index (χ4v) is 8.40. The number of rotatable bonds is 8. The molecule has 3 aromatic rings. The molecule has 1 fully saturated rings. The van der Waals surface area contributed by atoms with Crippen molar-refractivity contribution in [1.29, 1.82) is 5.26 Å². The number of nitrogens with zero attached hydrogens (tertiary/aromatic N) is 3. The van der Waals surface area contributed by atoms with E-state index in [0.29, 0.717) is 46.8 Å². The summed E-state index contributed by atoms with van der Waals surface area (Å²) < 4.78 is 28.9. The number of benzene rings is 3. The maximum absolute atomic E-state index is 13.4. The van der Waals surface area contributed by atoms with E-state index in [1.807, 2.05) is 50.4 Å². The third kappa shape index (κ3) is 5.72. The van der Waals surface area contributed by atoms with Gasteiger partial charge in [0.25, 0.3) is 0 Å². The van der Waals surface area contributed by atoms with Crippen LogP contribution in [0.15, 0.2) is 55.1 Å². The first-order valence-electron chi connectivity index (χ1n) is 16.9. The van der Waals surface area contributed by atoms with Gasteiger partial charge in [-0.1, -0.05) is 49.1 Å². The number of nitriles is 1. The highest BCUT2D eigenvalue weighted by Crippen LogP contribution is 2.58. The fraction of sp³-hybridized carbons (Fsp3) is 0.359. The topological polar surface area (TPSA) is 143 Å². The molecule has 0 spiro atoms. The van der Waals surface area contributed by atoms with Crippen LogP contribution in [0.25, 0.3) is 6.08 Å². The molecule has 0 aromatic heterocycles. The van der Waals surface area contributed by atoms with E-state index in [1.54, 1.807) is 13.0 Å². The number of likely N-dealkylation sites (N-methyl/N-ethyl adjacent to an activating group) is 1. The van der Waals surface area contributed by atoms with Gasteiger partial charge in [-0.05, 0) is 56.5 Å². The predicted molar refractivity (Wildman–Crippen MR) is 187 cm³/mol. The highest BCUT2D eigenvalue weighted by molar-refractivity contribution is 5.91. The molecule has 2 N–H and O–H groups in total. The van der Waals surface area contributed by atoms with E-state index in [9.17, 15) is 20.0 Å². The minimum absolute atomic E-state index is 0.0401. The van der Waals surface area contributed by atoms with Crippen molar-refractivity contribution in [1.82, 2.24) is 15.1 Å². The average molecular weight is 693 g/mol. The van der Waals surface area contributed by atoms with Crippen LogP contribution in [0.4, 0.5) is 4.79 Å². The summed E-state index contributed by atoms with van der Waals surface area (Å²) in [5.74, 6) is 1.31. The number of amides is 1. The van der Waals surface area contributed by atoms with Crippen molar-refractivity contribution >= 4 is 18.1 Å². The van der Waals surface area contributed by atoms with Crippen LogP contribution >= 0.6 is 0 Å². The zero-order valence-electron chi connectivity index (χ0n) is 29.0. The number of fused-ring (bicyclic) bond motifs is 9. The van der Waals surface area contributed by atoms with Crippen LogP contribution in [0, 0.1) is 25.2 Å². The lowest BCUT2D eigenvalue weighted by Gasteiger charge is -2.60. The Hall–Kier alpha value is -5.51. The molecule has 3 aromatic carbocycles. The lowest BCUT2D eigenvalue weighted by molar-refractivity contribution is -0.117. The molecule has 12 nitrogen and oxygen atoms in total. The van der Waals surface area contributed by atoms with Gasteiger partial charge in [0.2, 0.25) is 12.7 Å². The number of phenols is 1. The van der Waals surface area contributed by atoms with E-state index in [0.717, 1.165) is 22.3 Å². The summed E-state index contributed by atoms with van der Waals surface area (Å²) in [4.78, 5) is 30.6. The molecular weight excluding hydrogens is 652 g/mol. The van der Waals surface area contributed by atoms with Crippen molar-refractivity contribution in [3.05, 3.63) is 94.1 Å². The zero-order valence-corrected chi connectivity index (χ0v) is 29.0. The van der Waals surface area contributed by atoms with Crippen LogP contribution < -0.4 is 24.3 Å². The van der Waals surface area contributed by atoms with Crippen LogP contribution in [0.1, 0.15) is 51.0 Å². The number of hydrogen-bond acceptors (Lipinski definition) is 11. The second-order valence-corrected chi connectivity index (χ2v) is 13.2. The van der Waals surface area contributed by atoms with Crippen molar-refractivity contribution in [2.75, 3.05) is 34.1 Å². The van der Waals surface area contributed by atoms with Crippen LogP contribution in [-0.4, -0.2) is 79.2 Å². The summed E-state index contributed by atoms with van der Waals surface area (Å²) in [7, 11) is 3.51. The molecule has 5 atom stereocenters. The average Bonchev–Trinajstić information content (AvgIpc) is 3.62. The number of methoxy groups -OCH3 is 1. The summed E-state index contributed by atoms with van der Waals surface area (Å²) in [6, 6.07) is 11.8. The first-order valence-corrected chi connectivity index (χ1v) is 16.9. The van der Waals surface area contributed by atoms with E-state index in [2.05, 4.69) is 27.8 Å². The molecule has 12 heteroatoms. The number of phenolic OH excluding ortho intramolecular Hbond substituents is 1. The minimum atomic E-state index is -0.908. The molecule has 4 heterocycles. The van der Waals surface area contributed by atoms with Crippen LogP contribution in [-0.2, 0) is 22.4 Å². The summed E-state index contributed by atoms with van der Waals surface area (Å²) in [5, 5.41) is 25.7. The first kappa shape index (κ1) is 34.0. The third-order valence-corrected chi connectivity index (χ3v) is 10.5. The van der Waals surface area contributed by atoms with Gasteiger partial charge in [-0.3, -0.25) is 14.6 Å². The third-order valence-electron chi connectivity index (χ3n) is 10.5. The Balaban J connectivity index is 1.39. The molecule has 1 saturated heterocycles. The molecule has 7 rings (SSSR count). The number of nitrogens with one attached hydrogen (secondary N) is 1. The monoisotopic (exact) mass is 692 g/mol. The SMILES string of the molecule is C=CCOC(=O)Oc1c(C)c2c(c3c1CC1C4c5c(cc(C)c(OC)c5O)C[C@H]([C@H](C#N)N1[C@H]3CNC(=O)/C=C/c1ccccc1)N4C)OCO2. The molecule has 0 aliphatic carbocycles. The molecule has 264 valence electrons. The number of hydrogen-bond donors (Lipinski definition) is 2. The number of piperazine rings is 1. The number of aryl methyl sites for hydroxylation is 1. The van der Waals surface area contributed by atoms with Gasteiger partial charge in [0, 0.05) is 47.0 Å². The first-order chi connectivity index (χ1) is 24.7. The van der Waals surface area contributed by atoms with Gasteiger partial charge in [0.15, 0.2) is 23.0 Å². The molecule has 1 amide bonds. The number of carbonyl (C=O) groups excluding carboxylic acids is 2. The molecule has 2 unspecified atom stereocenters. The van der Waals surface area contributed by atoms with Gasteiger partial charge in [-0.2, -0.15) is 5.26 Å². The largest absolute Gasteiger partial charge is 0.514 e. The van der Waals surface area contributed by atoms with E-state index < -0.39 is 30.3 Å². The maximum atomic E-state index is 13.4. The molecule has 0 radical (unpaired) electrons. The second kappa shape index (κ2) is 13.7. The second-order valence-electron chi connectivity index (χ2n) is 13.2. The van der Waals surface area contributed by atoms with E-state index >= 15 is 0 Å². The van der Waals surface area contributed by atoms with E-state index in [4.69, 9.17) is 23.7 Å². The van der Waals surface area contributed by atoms with Crippen molar-refractivity contribution < 1.29 is 38.4 Å². The van der Waals surface area contributed by atoms with Crippen LogP contribution in [0.2, 0.25) is 0 Å². The van der Waals surface area contributed by atoms with Gasteiger partial charge < -0.3 is 34.1 Å². The van der Waals surface area contributed by atoms with Gasteiger partial charge in [0.1, 0.15) is 18.4 Å². The maximum Gasteiger partial charge on any atom is 0.514 e. The van der Waals surface area contributed by atoms with Crippen molar-refractivity contribution in [2.45, 2.75) is 56.9 Å². The molecule has 51 heavy (non-hydrogen) atoms. The Kier molecular flexibility index (Phi) is 9.10. The fourth-order valence-electron chi connectivity index (χ4n) is 8.40. The minimum Gasteiger partial charge on any atom is -0.504 e. The van der Waals surface area contributed by atoms with Gasteiger partial charge in [-0.15, -0.1) is 0 Å². The van der Waals surface area contributed by atoms with Gasteiger partial charge in [-0.25, -0.2) is 4.79 Å². The number of ether oxygens (including phenoxy) is 5. The van der Waals surface area contributed by atoms with E-state index in [1.165, 1.54) is 19.3 Å². The Bertz CT molecular complexity index is 1970. The Morgan fingerprint density at radius 1 is 1.12 bits per heavy atom. The smallest absolute Gasteiger partial charge is 0.504 e. The van der Waals surface area contributed by atoms with Crippen molar-refractivity contribution in [2.24, 2.45) is 0 Å². The van der Waals surface area contributed by atoms with E-state index in [-0.39, 0.29) is 43.4 Å². The standard InChI is InChI=1S/C39H40N4O8/c1-6-14-48-39(46)51-36-22(3)37-38(50-20-49-37)32-25(36)17-27-33-31-24(15-21(2)35(47-5)34(31)45)16-26(42(33)4)28(18-40)43(27)29(32)19-41-30(44)13-12-23-10-8-7-9-11-23/h6-13,15,26-29,33,45H,1,14,16-17,19-20H2,2-5H3,(H,41,44)/b13-12+/t26-,27?,28+,29+,33?/m1/s1. The lowest BCUT2D eigenvalue weighted by atomic mass is 9.71. The molecule has 4 aliphatic heterocycles. The number of carbonyl (C=O) groups is 2. The normalized spacial score (nSPS) is 23.0. The highest BCUT2D eigenvalue weighted by Gasteiger charge is 2.57. The number of aromatic hydroxyl groups is 1. The molecule has 2 bridgehead atoms. The zero-order chi connectivity index (χ0) is 36.0. The summed E-state index contributed by atoms with van der Waals surface area (Å²) >= 11 is 0. The highest BCUT2D eigenvalue weighted by atomic mass is 16.7. The van der Waals surface area contributed by atoms with Crippen LogP contribution in [0.3, 0.4) is 0 Å². The Labute approximate surface area is 296 Å². The quantitative estimate of drug-likeness (QED) is 0.142. The lowest BCUT2D eigenvalue weighted by Crippen LogP contribution is -2.68. The van der Waals surface area contributed by atoms with Crippen LogP contribution in [0.5, 0.6) is 28.7 Å².